The molecule has 0 aliphatic rings. The zero-order valence-electron chi connectivity index (χ0n) is 10.5. The van der Waals surface area contributed by atoms with Gasteiger partial charge in [0.1, 0.15) is 0 Å². The lowest BCUT2D eigenvalue weighted by atomic mass is 9.99. The summed E-state index contributed by atoms with van der Waals surface area (Å²) in [6.45, 7) is 0. The molecule has 1 N–H and O–H groups in total. The Labute approximate surface area is 117 Å². The van der Waals surface area contributed by atoms with E-state index in [1.807, 2.05) is 42.5 Å². The van der Waals surface area contributed by atoms with Gasteiger partial charge < -0.3 is 0 Å². The third kappa shape index (κ3) is 3.56. The minimum absolute atomic E-state index is 0.243. The normalized spacial score (nSPS) is 10.2. The Balaban J connectivity index is 2.24. The Morgan fingerprint density at radius 3 is 2.53 bits per heavy atom. The number of halogens is 1. The summed E-state index contributed by atoms with van der Waals surface area (Å²) in [6, 6.07) is 15.0. The molecular weight excluding hydrogens is 262 g/mol. The molecule has 0 atom stereocenters. The molecule has 0 unspecified atom stereocenters. The van der Waals surface area contributed by atoms with E-state index >= 15 is 0 Å². The lowest BCUT2D eigenvalue weighted by molar-refractivity contribution is 0.0537. The Kier molecular flexibility index (Phi) is 4.55. The maximum atomic E-state index is 11.9. The van der Waals surface area contributed by atoms with Crippen LogP contribution in [0.5, 0.6) is 0 Å². The van der Waals surface area contributed by atoms with E-state index in [0.717, 1.165) is 11.1 Å². The van der Waals surface area contributed by atoms with Crippen LogP contribution in [0.15, 0.2) is 48.5 Å². The molecule has 0 fully saturated rings. The predicted octanol–water partition coefficient (Wildman–Crippen LogP) is 3.22. The summed E-state index contributed by atoms with van der Waals surface area (Å²) in [7, 11) is 1.42. The summed E-state index contributed by atoms with van der Waals surface area (Å²) >= 11 is 5.86. The Morgan fingerprint density at radius 2 is 1.84 bits per heavy atom. The highest BCUT2D eigenvalue weighted by molar-refractivity contribution is 6.30. The Hall–Kier alpha value is -1.84. The minimum atomic E-state index is -0.243. The summed E-state index contributed by atoms with van der Waals surface area (Å²) in [5.41, 5.74) is 4.99. The van der Waals surface area contributed by atoms with E-state index in [4.69, 9.17) is 11.6 Å². The largest absolute Gasteiger partial charge is 0.277 e. The van der Waals surface area contributed by atoms with Crippen LogP contribution in [0.2, 0.25) is 5.02 Å². The van der Waals surface area contributed by atoms with E-state index in [-0.39, 0.29) is 5.91 Å². The highest BCUT2D eigenvalue weighted by atomic mass is 35.5. The molecule has 0 bridgehead atoms. The molecule has 0 heterocycles. The van der Waals surface area contributed by atoms with Gasteiger partial charge in [0.15, 0.2) is 0 Å². The van der Waals surface area contributed by atoms with Crippen LogP contribution >= 0.6 is 11.6 Å². The molecule has 1 amide bonds. The van der Waals surface area contributed by atoms with Crippen molar-refractivity contribution in [3.05, 3.63) is 70.2 Å². The second kappa shape index (κ2) is 6.36. The van der Waals surface area contributed by atoms with E-state index in [9.17, 15) is 4.79 Å². The van der Waals surface area contributed by atoms with Gasteiger partial charge >= 0.3 is 0 Å². The predicted molar refractivity (Wildman–Crippen MR) is 75.2 cm³/mol. The number of hydrogen-bond acceptors (Lipinski definition) is 2. The standard InChI is InChI=1S/C15H14ClNO2/c1-19-17-15(18)14-5-3-2-4-12(14)10-11-6-8-13(16)9-7-11/h2-9H,10H2,1H3,(H,17,18). The number of benzene rings is 2. The molecule has 4 heteroatoms. The van der Waals surface area contributed by atoms with E-state index in [1.54, 1.807) is 6.07 Å². The maximum absolute atomic E-state index is 11.9. The van der Waals surface area contributed by atoms with Crippen molar-refractivity contribution in [3.8, 4) is 0 Å². The zero-order chi connectivity index (χ0) is 13.7. The molecule has 0 spiro atoms. The zero-order valence-corrected chi connectivity index (χ0v) is 11.3. The van der Waals surface area contributed by atoms with Crippen molar-refractivity contribution in [2.75, 3.05) is 7.11 Å². The smallest absolute Gasteiger partial charge is 0.275 e. The molecule has 0 saturated heterocycles. The molecular formula is C15H14ClNO2. The van der Waals surface area contributed by atoms with Crippen molar-refractivity contribution >= 4 is 17.5 Å². The van der Waals surface area contributed by atoms with Gasteiger partial charge in [-0.05, 0) is 35.7 Å². The van der Waals surface area contributed by atoms with Crippen molar-refractivity contribution in [1.82, 2.24) is 5.48 Å². The number of hydrogen-bond donors (Lipinski definition) is 1. The summed E-state index contributed by atoms with van der Waals surface area (Å²) in [4.78, 5) is 16.5. The topological polar surface area (TPSA) is 38.3 Å². The van der Waals surface area contributed by atoms with Crippen molar-refractivity contribution in [2.24, 2.45) is 0 Å². The molecule has 0 aromatic heterocycles. The van der Waals surface area contributed by atoms with Gasteiger partial charge in [-0.1, -0.05) is 41.9 Å². The van der Waals surface area contributed by atoms with Gasteiger partial charge in [-0.3, -0.25) is 9.63 Å². The SMILES string of the molecule is CONC(=O)c1ccccc1Cc1ccc(Cl)cc1. The number of carbonyl (C=O) groups excluding carboxylic acids is 1. The van der Waals surface area contributed by atoms with E-state index in [2.05, 4.69) is 10.3 Å². The highest BCUT2D eigenvalue weighted by Crippen LogP contribution is 2.16. The van der Waals surface area contributed by atoms with Crippen molar-refractivity contribution < 1.29 is 9.63 Å². The van der Waals surface area contributed by atoms with Crippen LogP contribution in [0.4, 0.5) is 0 Å². The number of rotatable bonds is 4. The molecule has 2 rings (SSSR count). The van der Waals surface area contributed by atoms with Crippen LogP contribution < -0.4 is 5.48 Å². The van der Waals surface area contributed by atoms with Gasteiger partial charge in [0.2, 0.25) is 0 Å². The number of carbonyl (C=O) groups is 1. The van der Waals surface area contributed by atoms with Gasteiger partial charge in [-0.25, -0.2) is 5.48 Å². The van der Waals surface area contributed by atoms with Crippen LogP contribution in [0, 0.1) is 0 Å². The summed E-state index contributed by atoms with van der Waals surface area (Å²) in [6.07, 6.45) is 0.671. The molecule has 0 aliphatic heterocycles. The number of amides is 1. The lowest BCUT2D eigenvalue weighted by Gasteiger charge is -2.09. The molecule has 2 aromatic carbocycles. The average molecular weight is 276 g/mol. The van der Waals surface area contributed by atoms with Crippen LogP contribution in [0.3, 0.4) is 0 Å². The second-order valence-electron chi connectivity index (χ2n) is 4.10. The van der Waals surface area contributed by atoms with Gasteiger partial charge in [-0.2, -0.15) is 0 Å². The van der Waals surface area contributed by atoms with Crippen LogP contribution in [0.25, 0.3) is 0 Å². The van der Waals surface area contributed by atoms with E-state index in [1.165, 1.54) is 7.11 Å². The summed E-state index contributed by atoms with van der Waals surface area (Å²) < 4.78 is 0. The molecule has 0 aliphatic carbocycles. The van der Waals surface area contributed by atoms with Gasteiger partial charge in [-0.15, -0.1) is 0 Å². The van der Waals surface area contributed by atoms with Gasteiger partial charge in [0, 0.05) is 10.6 Å². The number of nitrogens with one attached hydrogen (secondary N) is 1. The van der Waals surface area contributed by atoms with Crippen LogP contribution in [-0.4, -0.2) is 13.0 Å². The first kappa shape index (κ1) is 13.6. The van der Waals surface area contributed by atoms with Gasteiger partial charge in [0.25, 0.3) is 5.91 Å². The molecule has 3 nitrogen and oxygen atoms in total. The first-order chi connectivity index (χ1) is 9.20. The van der Waals surface area contributed by atoms with Crippen LogP contribution in [-0.2, 0) is 11.3 Å². The third-order valence-electron chi connectivity index (χ3n) is 2.76. The molecule has 0 saturated carbocycles. The average Bonchev–Trinajstić information content (AvgIpc) is 2.42. The first-order valence-electron chi connectivity index (χ1n) is 5.86. The quantitative estimate of drug-likeness (QED) is 0.870. The fraction of sp³-hybridized carbons (Fsp3) is 0.133. The van der Waals surface area contributed by atoms with Crippen molar-refractivity contribution in [2.45, 2.75) is 6.42 Å². The van der Waals surface area contributed by atoms with Gasteiger partial charge in [0.05, 0.1) is 7.11 Å². The molecule has 19 heavy (non-hydrogen) atoms. The fourth-order valence-corrected chi connectivity index (χ4v) is 1.99. The Bertz CT molecular complexity index is 567. The number of hydroxylamine groups is 1. The van der Waals surface area contributed by atoms with E-state index in [0.29, 0.717) is 17.0 Å². The van der Waals surface area contributed by atoms with Crippen LogP contribution in [0.1, 0.15) is 21.5 Å². The summed E-state index contributed by atoms with van der Waals surface area (Å²) in [5, 5.41) is 0.703. The van der Waals surface area contributed by atoms with Crippen molar-refractivity contribution in [1.29, 1.82) is 0 Å². The molecule has 0 radical (unpaired) electrons. The summed E-state index contributed by atoms with van der Waals surface area (Å²) in [5.74, 6) is -0.243. The second-order valence-corrected chi connectivity index (χ2v) is 4.53. The molecule has 98 valence electrons. The third-order valence-corrected chi connectivity index (χ3v) is 3.02. The van der Waals surface area contributed by atoms with E-state index < -0.39 is 0 Å². The monoisotopic (exact) mass is 275 g/mol. The fourth-order valence-electron chi connectivity index (χ4n) is 1.87. The first-order valence-corrected chi connectivity index (χ1v) is 6.24. The molecule has 2 aromatic rings. The lowest BCUT2D eigenvalue weighted by Crippen LogP contribution is -2.23. The maximum Gasteiger partial charge on any atom is 0.275 e. The highest BCUT2D eigenvalue weighted by Gasteiger charge is 2.10. The van der Waals surface area contributed by atoms with Crippen molar-refractivity contribution in [3.63, 3.8) is 0 Å². The minimum Gasteiger partial charge on any atom is -0.277 e. The Morgan fingerprint density at radius 1 is 1.16 bits per heavy atom.